The lowest BCUT2D eigenvalue weighted by Crippen LogP contribution is -1.98. The van der Waals surface area contributed by atoms with Crippen LogP contribution >= 0.6 is 0 Å². The summed E-state index contributed by atoms with van der Waals surface area (Å²) in [7, 11) is 0. The summed E-state index contributed by atoms with van der Waals surface area (Å²) in [5, 5.41) is 1.95. The van der Waals surface area contributed by atoms with E-state index in [2.05, 4.69) is 11.6 Å². The number of rotatable bonds is 3. The molecule has 1 heterocycles. The summed E-state index contributed by atoms with van der Waals surface area (Å²) in [6, 6.07) is 7.75. The fraction of sp³-hybridized carbons (Fsp3) is 0.0769. The van der Waals surface area contributed by atoms with E-state index in [9.17, 15) is 4.79 Å². The van der Waals surface area contributed by atoms with Crippen LogP contribution < -0.4 is 0 Å². The van der Waals surface area contributed by atoms with Crippen molar-refractivity contribution in [3.05, 3.63) is 54.9 Å². The second-order valence-corrected chi connectivity index (χ2v) is 3.32. The Kier molecular flexibility index (Phi) is 2.59. The second-order valence-electron chi connectivity index (χ2n) is 3.32. The number of carbonyl (C=O) groups is 1. The lowest BCUT2D eigenvalue weighted by molar-refractivity contribution is 0.0997. The van der Waals surface area contributed by atoms with Crippen LogP contribution in [0.3, 0.4) is 0 Å². The van der Waals surface area contributed by atoms with Gasteiger partial charge in [0.05, 0.1) is 0 Å². The van der Waals surface area contributed by atoms with Crippen molar-refractivity contribution in [1.29, 1.82) is 0 Å². The molecule has 1 aromatic heterocycles. The maximum Gasteiger partial charge on any atom is 0.168 e. The van der Waals surface area contributed by atoms with E-state index in [4.69, 9.17) is 0 Å². The minimum absolute atomic E-state index is 0.0642. The summed E-state index contributed by atoms with van der Waals surface area (Å²) < 4.78 is 0. The third-order valence-corrected chi connectivity index (χ3v) is 2.30. The van der Waals surface area contributed by atoms with Gasteiger partial charge in [-0.05, 0) is 5.39 Å². The predicted molar refractivity (Wildman–Crippen MR) is 60.9 cm³/mol. The van der Waals surface area contributed by atoms with Crippen LogP contribution in [0.1, 0.15) is 16.8 Å². The first-order valence-corrected chi connectivity index (χ1v) is 4.80. The second kappa shape index (κ2) is 4.05. The summed E-state index contributed by atoms with van der Waals surface area (Å²) in [6.07, 6.45) is 5.36. The summed E-state index contributed by atoms with van der Waals surface area (Å²) in [5.74, 6) is 0.0642. The molecule has 74 valence electrons. The largest absolute Gasteiger partial charge is 0.294 e. The SMILES string of the molecule is C=CCC(=O)c1cncc2ccccc12. The minimum atomic E-state index is 0.0642. The predicted octanol–water partition coefficient (Wildman–Crippen LogP) is 2.99. The van der Waals surface area contributed by atoms with Crippen LogP contribution in [0.2, 0.25) is 0 Å². The van der Waals surface area contributed by atoms with Crippen molar-refractivity contribution in [2.45, 2.75) is 6.42 Å². The number of aromatic nitrogens is 1. The van der Waals surface area contributed by atoms with Crippen molar-refractivity contribution in [3.8, 4) is 0 Å². The van der Waals surface area contributed by atoms with E-state index in [1.54, 1.807) is 18.5 Å². The van der Waals surface area contributed by atoms with Crippen molar-refractivity contribution in [2.24, 2.45) is 0 Å². The van der Waals surface area contributed by atoms with Gasteiger partial charge in [0, 0.05) is 29.8 Å². The molecule has 2 rings (SSSR count). The molecule has 0 fully saturated rings. The molecule has 0 atom stereocenters. The highest BCUT2D eigenvalue weighted by molar-refractivity contribution is 6.08. The Labute approximate surface area is 88.3 Å². The number of fused-ring (bicyclic) bond motifs is 1. The molecule has 1 aromatic carbocycles. The first-order valence-electron chi connectivity index (χ1n) is 4.80. The molecule has 0 aliphatic carbocycles. The van der Waals surface area contributed by atoms with Gasteiger partial charge in [0.2, 0.25) is 0 Å². The minimum Gasteiger partial charge on any atom is -0.294 e. The van der Waals surface area contributed by atoms with Gasteiger partial charge in [-0.25, -0.2) is 0 Å². The molecule has 0 saturated heterocycles. The standard InChI is InChI=1S/C13H11NO/c1-2-5-13(15)12-9-14-8-10-6-3-4-7-11(10)12/h2-4,6-9H,1,5H2. The molecule has 2 aromatic rings. The molecule has 0 amide bonds. The van der Waals surface area contributed by atoms with Crippen molar-refractivity contribution >= 4 is 16.6 Å². The smallest absolute Gasteiger partial charge is 0.168 e. The lowest BCUT2D eigenvalue weighted by atomic mass is 10.0. The number of hydrogen-bond donors (Lipinski definition) is 0. The molecule has 0 aliphatic heterocycles. The summed E-state index contributed by atoms with van der Waals surface area (Å²) in [5.41, 5.74) is 0.674. The number of benzene rings is 1. The molecular weight excluding hydrogens is 186 g/mol. The van der Waals surface area contributed by atoms with E-state index < -0.39 is 0 Å². The van der Waals surface area contributed by atoms with Gasteiger partial charge in [-0.1, -0.05) is 30.3 Å². The van der Waals surface area contributed by atoms with Gasteiger partial charge >= 0.3 is 0 Å². The highest BCUT2D eigenvalue weighted by atomic mass is 16.1. The Hall–Kier alpha value is -1.96. The summed E-state index contributed by atoms with van der Waals surface area (Å²) in [6.45, 7) is 3.56. The van der Waals surface area contributed by atoms with Crippen LogP contribution in [0.4, 0.5) is 0 Å². The molecule has 2 heteroatoms. The average Bonchev–Trinajstić information content (AvgIpc) is 2.28. The molecule has 0 saturated carbocycles. The number of carbonyl (C=O) groups excluding carboxylic acids is 1. The van der Waals surface area contributed by atoms with Gasteiger partial charge in [0.25, 0.3) is 0 Å². The highest BCUT2D eigenvalue weighted by Crippen LogP contribution is 2.18. The van der Waals surface area contributed by atoms with Crippen LogP contribution in [0.25, 0.3) is 10.8 Å². The zero-order valence-electron chi connectivity index (χ0n) is 8.31. The number of hydrogen-bond acceptors (Lipinski definition) is 2. The quantitative estimate of drug-likeness (QED) is 0.559. The Morgan fingerprint density at radius 2 is 2.13 bits per heavy atom. The van der Waals surface area contributed by atoms with E-state index in [1.807, 2.05) is 24.3 Å². The Balaban J connectivity index is 2.60. The van der Waals surface area contributed by atoms with Gasteiger partial charge in [-0.3, -0.25) is 9.78 Å². The van der Waals surface area contributed by atoms with Crippen LogP contribution in [0, 0.1) is 0 Å². The van der Waals surface area contributed by atoms with Crippen molar-refractivity contribution < 1.29 is 4.79 Å². The molecule has 0 unspecified atom stereocenters. The first-order chi connectivity index (χ1) is 7.33. The molecule has 2 nitrogen and oxygen atoms in total. The maximum absolute atomic E-state index is 11.7. The van der Waals surface area contributed by atoms with Gasteiger partial charge in [0.1, 0.15) is 0 Å². The molecule has 15 heavy (non-hydrogen) atoms. The monoisotopic (exact) mass is 197 g/mol. The van der Waals surface area contributed by atoms with Crippen molar-refractivity contribution in [3.63, 3.8) is 0 Å². The Bertz CT molecular complexity index is 511. The van der Waals surface area contributed by atoms with Crippen LogP contribution in [-0.2, 0) is 0 Å². The molecule has 0 radical (unpaired) electrons. The van der Waals surface area contributed by atoms with E-state index in [0.717, 1.165) is 10.8 Å². The van der Waals surface area contributed by atoms with Gasteiger partial charge in [-0.2, -0.15) is 0 Å². The molecule has 0 bridgehead atoms. The van der Waals surface area contributed by atoms with Crippen molar-refractivity contribution in [1.82, 2.24) is 4.98 Å². The van der Waals surface area contributed by atoms with Gasteiger partial charge < -0.3 is 0 Å². The number of Topliss-reactive ketones (excluding diaryl/α,β-unsaturated/α-hetero) is 1. The number of nitrogens with zero attached hydrogens (tertiary/aromatic N) is 1. The summed E-state index contributed by atoms with van der Waals surface area (Å²) >= 11 is 0. The fourth-order valence-electron chi connectivity index (χ4n) is 1.58. The molecule has 0 aliphatic rings. The van der Waals surface area contributed by atoms with Crippen molar-refractivity contribution in [2.75, 3.05) is 0 Å². The normalized spacial score (nSPS) is 10.1. The number of ketones is 1. The van der Waals surface area contributed by atoms with Gasteiger partial charge in [-0.15, -0.1) is 6.58 Å². The molecule has 0 spiro atoms. The lowest BCUT2D eigenvalue weighted by Gasteiger charge is -2.02. The van der Waals surface area contributed by atoms with Crippen LogP contribution in [-0.4, -0.2) is 10.8 Å². The fourth-order valence-corrected chi connectivity index (χ4v) is 1.58. The Morgan fingerprint density at radius 3 is 2.93 bits per heavy atom. The Morgan fingerprint density at radius 1 is 1.33 bits per heavy atom. The zero-order chi connectivity index (χ0) is 10.7. The summed E-state index contributed by atoms with van der Waals surface area (Å²) in [4.78, 5) is 15.8. The topological polar surface area (TPSA) is 30.0 Å². The highest BCUT2D eigenvalue weighted by Gasteiger charge is 2.07. The van der Waals surface area contributed by atoms with E-state index >= 15 is 0 Å². The third kappa shape index (κ3) is 1.79. The number of allylic oxidation sites excluding steroid dienone is 1. The van der Waals surface area contributed by atoms with Gasteiger partial charge in [0.15, 0.2) is 5.78 Å². The van der Waals surface area contributed by atoms with E-state index in [-0.39, 0.29) is 5.78 Å². The zero-order valence-corrected chi connectivity index (χ0v) is 8.31. The van der Waals surface area contributed by atoms with E-state index in [1.165, 1.54) is 0 Å². The van der Waals surface area contributed by atoms with Crippen LogP contribution in [0.15, 0.2) is 49.3 Å². The average molecular weight is 197 g/mol. The third-order valence-electron chi connectivity index (χ3n) is 2.30. The molecular formula is C13H11NO. The maximum atomic E-state index is 11.7. The van der Waals surface area contributed by atoms with Crippen LogP contribution in [0.5, 0.6) is 0 Å². The first kappa shape index (κ1) is 9.59. The molecule has 0 N–H and O–H groups in total. The number of pyridine rings is 1. The van der Waals surface area contributed by atoms with E-state index in [0.29, 0.717) is 12.0 Å².